The van der Waals surface area contributed by atoms with Crippen LogP contribution in [-0.4, -0.2) is 41.3 Å². The summed E-state index contributed by atoms with van der Waals surface area (Å²) in [5, 5.41) is 8.42. The lowest BCUT2D eigenvalue weighted by atomic mass is 10.3. The first-order valence-electron chi connectivity index (χ1n) is 5.73. The molecule has 19 heavy (non-hydrogen) atoms. The molecule has 1 heterocycles. The van der Waals surface area contributed by atoms with Gasteiger partial charge in [0.25, 0.3) is 0 Å². The molecule has 0 saturated carbocycles. The van der Waals surface area contributed by atoms with Gasteiger partial charge in [0.1, 0.15) is 13.2 Å². The lowest BCUT2D eigenvalue weighted by molar-refractivity contribution is -0.137. The third kappa shape index (κ3) is 5.82. The zero-order chi connectivity index (χ0) is 14.3. The van der Waals surface area contributed by atoms with Gasteiger partial charge in [-0.1, -0.05) is 6.07 Å². The van der Waals surface area contributed by atoms with Crippen molar-refractivity contribution in [2.75, 3.05) is 13.2 Å². The Morgan fingerprint density at radius 1 is 1.47 bits per heavy atom. The van der Waals surface area contributed by atoms with Gasteiger partial charge in [0.2, 0.25) is 5.88 Å². The Morgan fingerprint density at radius 2 is 2.21 bits per heavy atom. The zero-order valence-corrected chi connectivity index (χ0v) is 10.5. The van der Waals surface area contributed by atoms with E-state index in [0.717, 1.165) is 0 Å². The third-order valence-electron chi connectivity index (χ3n) is 1.98. The summed E-state index contributed by atoms with van der Waals surface area (Å²) in [5.41, 5.74) is 5.59. The summed E-state index contributed by atoms with van der Waals surface area (Å²) in [6.07, 6.45) is -0.243. The van der Waals surface area contributed by atoms with E-state index in [0.29, 0.717) is 0 Å². The van der Waals surface area contributed by atoms with Gasteiger partial charge in [-0.3, -0.25) is 4.79 Å². The molecule has 0 aliphatic rings. The summed E-state index contributed by atoms with van der Waals surface area (Å²) in [5.74, 6) is -1.45. The molecule has 1 aromatic heterocycles. The number of esters is 1. The van der Waals surface area contributed by atoms with E-state index in [1.54, 1.807) is 19.1 Å². The molecule has 1 rings (SSSR count). The molecule has 1 aromatic rings. The molecule has 7 heteroatoms. The van der Waals surface area contributed by atoms with Crippen molar-refractivity contribution in [2.45, 2.75) is 19.4 Å². The van der Waals surface area contributed by atoms with Crippen LogP contribution >= 0.6 is 0 Å². The van der Waals surface area contributed by atoms with Crippen molar-refractivity contribution in [3.05, 3.63) is 23.9 Å². The fraction of sp³-hybridized carbons (Fsp3) is 0.417. The van der Waals surface area contributed by atoms with Crippen molar-refractivity contribution in [3.63, 3.8) is 0 Å². The number of rotatable bonds is 7. The maximum absolute atomic E-state index is 11.6. The predicted octanol–water partition coefficient (Wildman–Crippen LogP) is 0.439. The van der Waals surface area contributed by atoms with Crippen LogP contribution in [0.2, 0.25) is 0 Å². The second-order valence-corrected chi connectivity index (χ2v) is 3.93. The second kappa shape index (κ2) is 7.32. The minimum Gasteiger partial charge on any atom is -0.481 e. The van der Waals surface area contributed by atoms with Gasteiger partial charge in [0, 0.05) is 12.1 Å². The molecule has 104 valence electrons. The van der Waals surface area contributed by atoms with E-state index in [-0.39, 0.29) is 37.3 Å². The quantitative estimate of drug-likeness (QED) is 0.690. The van der Waals surface area contributed by atoms with Crippen LogP contribution in [0.3, 0.4) is 0 Å². The number of hydrogen-bond donors (Lipinski definition) is 2. The highest BCUT2D eigenvalue weighted by Crippen LogP contribution is 2.09. The Hall–Kier alpha value is -2.15. The third-order valence-corrected chi connectivity index (χ3v) is 1.98. The standard InChI is InChI=1S/C12H16N2O5/c1-8(13)7-19-10-4-2-3-9(14-10)12(17)18-6-5-11(15)16/h2-4,8H,5-7,13H2,1H3,(H,15,16). The van der Waals surface area contributed by atoms with Crippen LogP contribution in [0.4, 0.5) is 0 Å². The number of nitrogens with two attached hydrogens (primary N) is 1. The van der Waals surface area contributed by atoms with E-state index in [1.807, 2.05) is 0 Å². The van der Waals surface area contributed by atoms with Crippen molar-refractivity contribution in [1.82, 2.24) is 4.98 Å². The van der Waals surface area contributed by atoms with Gasteiger partial charge in [-0.25, -0.2) is 9.78 Å². The Labute approximate surface area is 110 Å². The lowest BCUT2D eigenvalue weighted by Crippen LogP contribution is -2.24. The second-order valence-electron chi connectivity index (χ2n) is 3.93. The Morgan fingerprint density at radius 3 is 2.84 bits per heavy atom. The van der Waals surface area contributed by atoms with Crippen LogP contribution in [0.1, 0.15) is 23.8 Å². The van der Waals surface area contributed by atoms with Crippen molar-refractivity contribution in [2.24, 2.45) is 5.73 Å². The van der Waals surface area contributed by atoms with E-state index in [2.05, 4.69) is 4.98 Å². The van der Waals surface area contributed by atoms with E-state index in [1.165, 1.54) is 6.07 Å². The van der Waals surface area contributed by atoms with Crippen LogP contribution in [-0.2, 0) is 9.53 Å². The summed E-state index contributed by atoms with van der Waals surface area (Å²) in [4.78, 5) is 25.8. The number of carbonyl (C=O) groups is 2. The van der Waals surface area contributed by atoms with E-state index in [9.17, 15) is 9.59 Å². The summed E-state index contributed by atoms with van der Waals surface area (Å²) in [7, 11) is 0. The molecule has 0 aromatic carbocycles. The van der Waals surface area contributed by atoms with Crippen LogP contribution in [0.15, 0.2) is 18.2 Å². The zero-order valence-electron chi connectivity index (χ0n) is 10.5. The number of aliphatic carboxylic acids is 1. The lowest BCUT2D eigenvalue weighted by Gasteiger charge is -2.08. The van der Waals surface area contributed by atoms with Gasteiger partial charge in [-0.2, -0.15) is 0 Å². The summed E-state index contributed by atoms with van der Waals surface area (Å²) in [6.45, 7) is 1.87. The Kier molecular flexibility index (Phi) is 5.74. The summed E-state index contributed by atoms with van der Waals surface area (Å²) >= 11 is 0. The van der Waals surface area contributed by atoms with E-state index < -0.39 is 11.9 Å². The number of nitrogens with zero attached hydrogens (tertiary/aromatic N) is 1. The highest BCUT2D eigenvalue weighted by atomic mass is 16.5. The van der Waals surface area contributed by atoms with Crippen molar-refractivity contribution in [1.29, 1.82) is 0 Å². The van der Waals surface area contributed by atoms with Crippen LogP contribution in [0.5, 0.6) is 5.88 Å². The SMILES string of the molecule is CC(N)COc1cccc(C(=O)OCCC(=O)O)n1. The van der Waals surface area contributed by atoms with Gasteiger partial charge in [-0.05, 0) is 13.0 Å². The highest BCUT2D eigenvalue weighted by Gasteiger charge is 2.11. The number of carboxylic acids is 1. The van der Waals surface area contributed by atoms with Crippen molar-refractivity contribution < 1.29 is 24.2 Å². The molecule has 0 amide bonds. The van der Waals surface area contributed by atoms with Gasteiger partial charge in [-0.15, -0.1) is 0 Å². The van der Waals surface area contributed by atoms with Crippen molar-refractivity contribution in [3.8, 4) is 5.88 Å². The van der Waals surface area contributed by atoms with Gasteiger partial charge < -0.3 is 20.3 Å². The van der Waals surface area contributed by atoms with E-state index >= 15 is 0 Å². The average Bonchev–Trinajstić information content (AvgIpc) is 2.36. The molecular formula is C12H16N2O5. The molecule has 0 aliphatic heterocycles. The van der Waals surface area contributed by atoms with E-state index in [4.69, 9.17) is 20.3 Å². The predicted molar refractivity (Wildman–Crippen MR) is 65.9 cm³/mol. The minimum atomic E-state index is -1.03. The molecule has 3 N–H and O–H groups in total. The number of pyridine rings is 1. The first-order valence-corrected chi connectivity index (χ1v) is 5.73. The van der Waals surface area contributed by atoms with Crippen LogP contribution < -0.4 is 10.5 Å². The number of aromatic nitrogens is 1. The fourth-order valence-electron chi connectivity index (χ4n) is 1.13. The first kappa shape index (κ1) is 14.9. The molecule has 0 fully saturated rings. The normalized spacial score (nSPS) is 11.7. The molecule has 1 atom stereocenters. The number of ether oxygens (including phenoxy) is 2. The topological polar surface area (TPSA) is 112 Å². The van der Waals surface area contributed by atoms with Crippen LogP contribution in [0, 0.1) is 0 Å². The van der Waals surface area contributed by atoms with Gasteiger partial charge in [0.15, 0.2) is 5.69 Å². The Bertz CT molecular complexity index is 448. The molecular weight excluding hydrogens is 252 g/mol. The molecule has 0 radical (unpaired) electrons. The maximum Gasteiger partial charge on any atom is 0.357 e. The summed E-state index contributed by atoms with van der Waals surface area (Å²) < 4.78 is 10.0. The molecule has 1 unspecified atom stereocenters. The van der Waals surface area contributed by atoms with Crippen LogP contribution in [0.25, 0.3) is 0 Å². The molecule has 0 saturated heterocycles. The first-order chi connectivity index (χ1) is 8.99. The largest absolute Gasteiger partial charge is 0.481 e. The van der Waals surface area contributed by atoms with Crippen molar-refractivity contribution >= 4 is 11.9 Å². The highest BCUT2D eigenvalue weighted by molar-refractivity contribution is 5.87. The monoisotopic (exact) mass is 268 g/mol. The minimum absolute atomic E-state index is 0.0626. The Balaban J connectivity index is 2.55. The molecule has 7 nitrogen and oxygen atoms in total. The fourth-order valence-corrected chi connectivity index (χ4v) is 1.13. The number of hydrogen-bond acceptors (Lipinski definition) is 6. The number of carbonyl (C=O) groups excluding carboxylic acids is 1. The smallest absolute Gasteiger partial charge is 0.357 e. The maximum atomic E-state index is 11.6. The summed E-state index contributed by atoms with van der Waals surface area (Å²) in [6, 6.07) is 4.50. The van der Waals surface area contributed by atoms with Gasteiger partial charge >= 0.3 is 11.9 Å². The average molecular weight is 268 g/mol. The van der Waals surface area contributed by atoms with Gasteiger partial charge in [0.05, 0.1) is 6.42 Å². The molecule has 0 bridgehead atoms. The number of carboxylic acid groups (broad SMARTS) is 1. The molecule has 0 spiro atoms. The molecule has 0 aliphatic carbocycles.